The number of nitrogens with one attached hydrogen (secondary N) is 3. The number of aromatic nitrogens is 3. The molecule has 12 heteroatoms. The molecule has 1 fully saturated rings. The van der Waals surface area contributed by atoms with Crippen LogP contribution in [0.15, 0.2) is 48.5 Å². The minimum absolute atomic E-state index is 0.107. The molecule has 0 atom stereocenters. The van der Waals surface area contributed by atoms with Crippen molar-refractivity contribution in [3.05, 3.63) is 59.7 Å². The molecule has 1 aliphatic heterocycles. The number of ether oxygens (including phenoxy) is 4. The Hall–Kier alpha value is -4.16. The molecule has 3 aromatic rings. The smallest absolute Gasteiger partial charge is 0.251 e. The Balaban J connectivity index is 1.06. The van der Waals surface area contributed by atoms with Crippen molar-refractivity contribution in [2.24, 2.45) is 0 Å². The first-order valence-corrected chi connectivity index (χ1v) is 15.0. The van der Waals surface area contributed by atoms with E-state index in [9.17, 15) is 4.79 Å². The standard InChI is InChI=1S/C31H41N7O5/c1-38(25-10-6-3-7-11-25)31-36-29(35-30(37-31)34-21-23-12-13-26-27(20-23)43-22-42-26)33-15-17-41-19-18-40-16-14-32-28(39)24-8-4-2-5-9-24/h2,4-5,8-9,12-13,20,25H,3,6-7,10-11,14-19,21-22H2,1H3,(H,32,39)(H2,33,34,35,36,37). The van der Waals surface area contributed by atoms with Gasteiger partial charge in [-0.15, -0.1) is 0 Å². The molecule has 0 bridgehead atoms. The Bertz CT molecular complexity index is 1310. The summed E-state index contributed by atoms with van der Waals surface area (Å²) in [7, 11) is 2.06. The molecule has 1 aromatic heterocycles. The summed E-state index contributed by atoms with van der Waals surface area (Å²) in [6.45, 7) is 3.53. The van der Waals surface area contributed by atoms with Gasteiger partial charge in [-0.05, 0) is 42.7 Å². The molecule has 2 aliphatic rings. The van der Waals surface area contributed by atoms with Crippen LogP contribution in [0.25, 0.3) is 0 Å². The monoisotopic (exact) mass is 591 g/mol. The van der Waals surface area contributed by atoms with Crippen molar-refractivity contribution < 1.29 is 23.7 Å². The molecule has 230 valence electrons. The number of carbonyl (C=O) groups excluding carboxylic acids is 1. The summed E-state index contributed by atoms with van der Waals surface area (Å²) in [5, 5.41) is 9.46. The summed E-state index contributed by atoms with van der Waals surface area (Å²) in [6, 6.07) is 15.4. The normalized spacial score (nSPS) is 14.3. The lowest BCUT2D eigenvalue weighted by Crippen LogP contribution is -2.35. The number of anilines is 3. The first-order chi connectivity index (χ1) is 21.2. The zero-order valence-electron chi connectivity index (χ0n) is 24.7. The number of hydrogen-bond acceptors (Lipinski definition) is 11. The van der Waals surface area contributed by atoms with Gasteiger partial charge in [0.2, 0.25) is 24.6 Å². The van der Waals surface area contributed by atoms with Crippen molar-refractivity contribution in [1.82, 2.24) is 20.3 Å². The summed E-state index contributed by atoms with van der Waals surface area (Å²) >= 11 is 0. The Kier molecular flexibility index (Phi) is 11.2. The number of nitrogens with zero attached hydrogens (tertiary/aromatic N) is 4. The fourth-order valence-corrected chi connectivity index (χ4v) is 5.03. The number of fused-ring (bicyclic) bond motifs is 1. The third-order valence-electron chi connectivity index (χ3n) is 7.42. The number of rotatable bonds is 16. The van der Waals surface area contributed by atoms with Gasteiger partial charge in [-0.3, -0.25) is 4.79 Å². The maximum absolute atomic E-state index is 12.0. The Labute approximate surface area is 252 Å². The van der Waals surface area contributed by atoms with Gasteiger partial charge >= 0.3 is 0 Å². The van der Waals surface area contributed by atoms with Gasteiger partial charge in [0.25, 0.3) is 5.91 Å². The first-order valence-electron chi connectivity index (χ1n) is 15.0. The van der Waals surface area contributed by atoms with Crippen molar-refractivity contribution in [2.75, 3.05) is 68.9 Å². The molecule has 12 nitrogen and oxygen atoms in total. The summed E-state index contributed by atoms with van der Waals surface area (Å²) in [6.07, 6.45) is 6.01. The van der Waals surface area contributed by atoms with Crippen LogP contribution in [0, 0.1) is 0 Å². The van der Waals surface area contributed by atoms with Gasteiger partial charge in [-0.2, -0.15) is 15.0 Å². The summed E-state index contributed by atoms with van der Waals surface area (Å²) in [5.41, 5.74) is 1.67. The summed E-state index contributed by atoms with van der Waals surface area (Å²) in [5.74, 6) is 3.04. The van der Waals surface area contributed by atoms with Crippen molar-refractivity contribution in [3.8, 4) is 11.5 Å². The minimum atomic E-state index is -0.107. The quantitative estimate of drug-likeness (QED) is 0.210. The number of carbonyl (C=O) groups is 1. The van der Waals surface area contributed by atoms with Gasteiger partial charge in [-0.25, -0.2) is 0 Å². The second-order valence-electron chi connectivity index (χ2n) is 10.5. The van der Waals surface area contributed by atoms with E-state index in [4.69, 9.17) is 28.9 Å². The van der Waals surface area contributed by atoms with Crippen molar-refractivity contribution in [1.29, 1.82) is 0 Å². The number of amides is 1. The molecular weight excluding hydrogens is 550 g/mol. The topological polar surface area (TPSA) is 132 Å². The largest absolute Gasteiger partial charge is 0.454 e. The molecule has 2 aromatic carbocycles. The SMILES string of the molecule is CN(c1nc(NCCOCCOCCNC(=O)c2ccccc2)nc(NCc2ccc3c(c2)OCO3)n1)C1CCCCC1. The van der Waals surface area contributed by atoms with Crippen LogP contribution >= 0.6 is 0 Å². The Morgan fingerprint density at radius 1 is 0.860 bits per heavy atom. The fourth-order valence-electron chi connectivity index (χ4n) is 5.03. The molecule has 3 N–H and O–H groups in total. The van der Waals surface area contributed by atoms with E-state index in [0.29, 0.717) is 75.5 Å². The number of hydrogen-bond donors (Lipinski definition) is 3. The fraction of sp³-hybridized carbons (Fsp3) is 0.484. The molecule has 1 saturated carbocycles. The average Bonchev–Trinajstić information content (AvgIpc) is 3.53. The highest BCUT2D eigenvalue weighted by molar-refractivity contribution is 5.94. The molecule has 0 radical (unpaired) electrons. The molecule has 5 rings (SSSR count). The van der Waals surface area contributed by atoms with Gasteiger partial charge in [0, 0.05) is 38.3 Å². The predicted octanol–water partition coefficient (Wildman–Crippen LogP) is 3.86. The van der Waals surface area contributed by atoms with E-state index in [0.717, 1.165) is 29.9 Å². The van der Waals surface area contributed by atoms with Crippen LogP contribution in [0.5, 0.6) is 11.5 Å². The van der Waals surface area contributed by atoms with Crippen LogP contribution in [-0.4, -0.2) is 80.3 Å². The minimum Gasteiger partial charge on any atom is -0.454 e. The molecule has 0 spiro atoms. The van der Waals surface area contributed by atoms with Gasteiger partial charge in [0.15, 0.2) is 11.5 Å². The molecule has 43 heavy (non-hydrogen) atoms. The van der Waals surface area contributed by atoms with E-state index in [-0.39, 0.29) is 12.7 Å². The van der Waals surface area contributed by atoms with Crippen LogP contribution in [0.4, 0.5) is 17.8 Å². The molecule has 0 saturated heterocycles. The van der Waals surface area contributed by atoms with E-state index in [2.05, 4.69) is 32.9 Å². The maximum Gasteiger partial charge on any atom is 0.251 e. The summed E-state index contributed by atoms with van der Waals surface area (Å²) < 4.78 is 22.2. The zero-order chi connectivity index (χ0) is 29.7. The second kappa shape index (κ2) is 15.9. The molecular formula is C31H41N7O5. The first kappa shape index (κ1) is 30.3. The summed E-state index contributed by atoms with van der Waals surface area (Å²) in [4.78, 5) is 28.3. The zero-order valence-corrected chi connectivity index (χ0v) is 24.7. The van der Waals surface area contributed by atoms with Gasteiger partial charge < -0.3 is 39.8 Å². The van der Waals surface area contributed by atoms with Crippen molar-refractivity contribution in [2.45, 2.75) is 44.7 Å². The molecule has 1 aliphatic carbocycles. The third-order valence-corrected chi connectivity index (χ3v) is 7.42. The predicted molar refractivity (Wildman–Crippen MR) is 164 cm³/mol. The second-order valence-corrected chi connectivity index (χ2v) is 10.5. The lowest BCUT2D eigenvalue weighted by atomic mass is 9.95. The molecule has 0 unspecified atom stereocenters. The Morgan fingerprint density at radius 2 is 1.58 bits per heavy atom. The van der Waals surface area contributed by atoms with Gasteiger partial charge in [0.05, 0.1) is 26.4 Å². The van der Waals surface area contributed by atoms with Crippen LogP contribution in [0.1, 0.15) is 48.0 Å². The van der Waals surface area contributed by atoms with E-state index in [1.54, 1.807) is 12.1 Å². The Morgan fingerprint density at radius 3 is 2.37 bits per heavy atom. The van der Waals surface area contributed by atoms with Crippen molar-refractivity contribution >= 4 is 23.8 Å². The lowest BCUT2D eigenvalue weighted by Gasteiger charge is -2.31. The van der Waals surface area contributed by atoms with Crippen LogP contribution in [0.3, 0.4) is 0 Å². The van der Waals surface area contributed by atoms with E-state index >= 15 is 0 Å². The van der Waals surface area contributed by atoms with E-state index in [1.807, 2.05) is 36.4 Å². The highest BCUT2D eigenvalue weighted by Crippen LogP contribution is 2.32. The van der Waals surface area contributed by atoms with Gasteiger partial charge in [0.1, 0.15) is 0 Å². The maximum atomic E-state index is 12.0. The molecule has 1 amide bonds. The highest BCUT2D eigenvalue weighted by Gasteiger charge is 2.21. The lowest BCUT2D eigenvalue weighted by molar-refractivity contribution is 0.0519. The van der Waals surface area contributed by atoms with Crippen LogP contribution < -0.4 is 30.3 Å². The third kappa shape index (κ3) is 9.16. The highest BCUT2D eigenvalue weighted by atomic mass is 16.7. The van der Waals surface area contributed by atoms with Crippen molar-refractivity contribution in [3.63, 3.8) is 0 Å². The van der Waals surface area contributed by atoms with Gasteiger partial charge in [-0.1, -0.05) is 43.5 Å². The average molecular weight is 592 g/mol. The van der Waals surface area contributed by atoms with E-state index < -0.39 is 0 Å². The van der Waals surface area contributed by atoms with Crippen LogP contribution in [-0.2, 0) is 16.0 Å². The molecule has 2 heterocycles. The number of benzene rings is 2. The van der Waals surface area contributed by atoms with Crippen LogP contribution in [0.2, 0.25) is 0 Å². The van der Waals surface area contributed by atoms with E-state index in [1.165, 1.54) is 19.3 Å².